The first-order valence-electron chi connectivity index (χ1n) is 11.2. The quantitative estimate of drug-likeness (QED) is 0.188. The average Bonchev–Trinajstić information content (AvgIpc) is 3.46. The summed E-state index contributed by atoms with van der Waals surface area (Å²) in [6.45, 7) is 12.1. The van der Waals surface area contributed by atoms with Gasteiger partial charge in [0.15, 0.2) is 0 Å². The molecule has 0 unspecified atom stereocenters. The summed E-state index contributed by atoms with van der Waals surface area (Å²) in [5, 5.41) is 2.07. The summed E-state index contributed by atoms with van der Waals surface area (Å²) in [6.07, 6.45) is 0. The number of fused-ring (bicyclic) bond motifs is 2. The molecule has 33 heavy (non-hydrogen) atoms. The maximum atomic E-state index is 6.12. The Balaban J connectivity index is 1.69. The average molecular weight is 533 g/mol. The molecule has 4 rings (SSSR count). The molecule has 2 aromatic heterocycles. The molecule has 172 valence electrons. The lowest BCUT2D eigenvalue weighted by molar-refractivity contribution is 0.462. The zero-order chi connectivity index (χ0) is 23.6. The lowest BCUT2D eigenvalue weighted by atomic mass is 10.3. The van der Waals surface area contributed by atoms with Gasteiger partial charge < -0.3 is 0 Å². The van der Waals surface area contributed by atoms with Crippen molar-refractivity contribution in [1.82, 2.24) is 18.9 Å². The van der Waals surface area contributed by atoms with E-state index in [0.717, 1.165) is 56.1 Å². The van der Waals surface area contributed by atoms with Crippen LogP contribution in [0.2, 0.25) is 0 Å². The summed E-state index contributed by atoms with van der Waals surface area (Å²) < 4.78 is 5.19. The fourth-order valence-corrected chi connectivity index (χ4v) is 9.20. The highest BCUT2D eigenvalue weighted by Gasteiger charge is 2.43. The molecule has 2 heterocycles. The molecule has 0 N–H and O–H groups in total. The molecular weight excluding hydrogens is 505 g/mol. The van der Waals surface area contributed by atoms with Gasteiger partial charge in [0.25, 0.3) is 18.9 Å². The van der Waals surface area contributed by atoms with Crippen molar-refractivity contribution < 1.29 is 0 Å². The first-order chi connectivity index (χ1) is 15.9. The lowest BCUT2D eigenvalue weighted by Crippen LogP contribution is -2.56. The first-order valence-corrected chi connectivity index (χ1v) is 14.4. The lowest BCUT2D eigenvalue weighted by Gasteiger charge is -2.35. The third kappa shape index (κ3) is 4.29. The van der Waals surface area contributed by atoms with Gasteiger partial charge in [0.1, 0.15) is 0 Å². The van der Waals surface area contributed by atoms with Gasteiger partial charge in [-0.2, -0.15) is 9.97 Å². The molecule has 0 radical (unpaired) electrons. The van der Waals surface area contributed by atoms with Crippen LogP contribution in [0.1, 0.15) is 27.7 Å². The predicted molar refractivity (Wildman–Crippen MR) is 158 cm³/mol. The Morgan fingerprint density at radius 2 is 1.06 bits per heavy atom. The van der Waals surface area contributed by atoms with E-state index in [1.165, 1.54) is 9.40 Å². The smallest absolute Gasteiger partial charge is 0.218 e. The van der Waals surface area contributed by atoms with Gasteiger partial charge in [-0.05, 0) is 76.4 Å². The molecule has 2 aromatic carbocycles. The van der Waals surface area contributed by atoms with Crippen LogP contribution >= 0.6 is 58.9 Å². The molecule has 0 aliphatic heterocycles. The van der Waals surface area contributed by atoms with Crippen LogP contribution in [-0.2, 0) is 0 Å². The second kappa shape index (κ2) is 10.1. The molecule has 0 bridgehead atoms. The highest BCUT2D eigenvalue weighted by Crippen LogP contribution is 2.40. The minimum absolute atomic E-state index is 0.548. The van der Waals surface area contributed by atoms with E-state index in [2.05, 4.69) is 64.1 Å². The number of thiazole rings is 2. The van der Waals surface area contributed by atoms with Crippen LogP contribution in [-0.4, -0.2) is 44.8 Å². The van der Waals surface area contributed by atoms with Crippen molar-refractivity contribution in [3.05, 3.63) is 48.5 Å². The van der Waals surface area contributed by atoms with E-state index >= 15 is 0 Å². The number of rotatable bonds is 6. The van der Waals surface area contributed by atoms with Crippen molar-refractivity contribution in [1.29, 1.82) is 0 Å². The van der Waals surface area contributed by atoms with Crippen molar-refractivity contribution in [3.63, 3.8) is 0 Å². The molecule has 0 saturated carbocycles. The number of aromatic nitrogens is 2. The van der Waals surface area contributed by atoms with E-state index in [0.29, 0.717) is 8.97 Å². The molecule has 0 fully saturated rings. The van der Waals surface area contributed by atoms with Gasteiger partial charge in [-0.15, -0.1) is 0 Å². The molecular formula is C24H28N4S5+2. The summed E-state index contributed by atoms with van der Waals surface area (Å²) in [5.41, 5.74) is 2.05. The summed E-state index contributed by atoms with van der Waals surface area (Å²) in [7, 11) is 0. The van der Waals surface area contributed by atoms with Crippen LogP contribution in [0.4, 0.5) is 10.3 Å². The van der Waals surface area contributed by atoms with Crippen molar-refractivity contribution in [3.8, 4) is 0 Å². The number of hydrogen-bond donors (Lipinski definition) is 0. The minimum atomic E-state index is 0.548. The Morgan fingerprint density at radius 3 is 1.39 bits per heavy atom. The number of para-hydroxylation sites is 2. The fraction of sp³-hybridized carbons (Fsp3) is 0.333. The van der Waals surface area contributed by atoms with Crippen LogP contribution in [0, 0.1) is 0 Å². The Labute approximate surface area is 218 Å². The Morgan fingerprint density at radius 1 is 0.697 bits per heavy atom. The zero-order valence-corrected chi connectivity index (χ0v) is 23.4. The molecule has 9 heteroatoms. The van der Waals surface area contributed by atoms with Crippen LogP contribution in [0.25, 0.3) is 20.4 Å². The van der Waals surface area contributed by atoms with Crippen molar-refractivity contribution in [2.45, 2.75) is 27.7 Å². The summed E-state index contributed by atoms with van der Waals surface area (Å²) in [5.74, 6) is 0. The Kier molecular flexibility index (Phi) is 7.59. The number of thiocarbonyl (C=S) groups is 2. The molecule has 0 saturated heterocycles. The van der Waals surface area contributed by atoms with E-state index in [-0.39, 0.29) is 0 Å². The van der Waals surface area contributed by atoms with E-state index in [1.54, 1.807) is 34.4 Å². The number of nitrogens with zero attached hydrogens (tertiary/aromatic N) is 4. The van der Waals surface area contributed by atoms with E-state index < -0.39 is 0 Å². The van der Waals surface area contributed by atoms with Gasteiger partial charge in [0.05, 0.1) is 58.4 Å². The van der Waals surface area contributed by atoms with Gasteiger partial charge in [0.2, 0.25) is 0 Å². The monoisotopic (exact) mass is 532 g/mol. The summed E-state index contributed by atoms with van der Waals surface area (Å²) in [6, 6.07) is 16.6. The second-order valence-corrected chi connectivity index (χ2v) is 12.0. The van der Waals surface area contributed by atoms with Gasteiger partial charge in [-0.25, -0.2) is 8.97 Å². The highest BCUT2D eigenvalue weighted by molar-refractivity contribution is 8.38. The normalized spacial score (nSPS) is 12.5. The standard InChI is InChI=1S/C24H28N4S5/c1-5-27(6-2,21-25-17-13-9-11-15-19(17)31-21)23(29)33-24(30)28(7-3,8-4)22-26-18-14-10-12-16-20(18)32-22/h9-16H,5-8H2,1-4H3/q+2. The minimum Gasteiger partial charge on any atom is -0.218 e. The van der Waals surface area contributed by atoms with Crippen LogP contribution in [0.5, 0.6) is 0 Å². The summed E-state index contributed by atoms with van der Waals surface area (Å²) in [4.78, 5) is 9.95. The van der Waals surface area contributed by atoms with Gasteiger partial charge in [-0.1, -0.05) is 46.9 Å². The maximum absolute atomic E-state index is 6.12. The first kappa shape index (κ1) is 24.8. The van der Waals surface area contributed by atoms with Gasteiger partial charge in [-0.3, -0.25) is 0 Å². The number of hydrogen-bond acceptors (Lipinski definition) is 7. The van der Waals surface area contributed by atoms with Crippen molar-refractivity contribution >= 4 is 98.2 Å². The van der Waals surface area contributed by atoms with E-state index in [1.807, 2.05) is 12.1 Å². The van der Waals surface area contributed by atoms with E-state index in [4.69, 9.17) is 34.4 Å². The predicted octanol–water partition coefficient (Wildman–Crippen LogP) is 7.60. The molecule has 0 spiro atoms. The van der Waals surface area contributed by atoms with Crippen LogP contribution in [0.3, 0.4) is 0 Å². The Bertz CT molecular complexity index is 1130. The summed E-state index contributed by atoms with van der Waals surface area (Å²) >= 11 is 17.2. The number of benzene rings is 2. The maximum Gasteiger partial charge on any atom is 0.293 e. The molecule has 4 aromatic rings. The molecule has 4 nitrogen and oxygen atoms in total. The third-order valence-corrected chi connectivity index (χ3v) is 11.0. The molecule has 0 aliphatic rings. The second-order valence-electron chi connectivity index (χ2n) is 7.76. The number of thioether (sulfide) groups is 1. The largest absolute Gasteiger partial charge is 0.293 e. The van der Waals surface area contributed by atoms with Crippen molar-refractivity contribution in [2.75, 3.05) is 26.2 Å². The van der Waals surface area contributed by atoms with Gasteiger partial charge >= 0.3 is 0 Å². The van der Waals surface area contributed by atoms with Crippen LogP contribution < -0.4 is 8.97 Å². The molecule has 0 amide bonds. The van der Waals surface area contributed by atoms with Crippen LogP contribution in [0.15, 0.2) is 48.5 Å². The van der Waals surface area contributed by atoms with E-state index in [9.17, 15) is 0 Å². The Hall–Kier alpha value is -1.33. The highest BCUT2D eigenvalue weighted by atomic mass is 32.2. The third-order valence-electron chi connectivity index (χ3n) is 6.33. The van der Waals surface area contributed by atoms with Crippen molar-refractivity contribution in [2.24, 2.45) is 0 Å². The van der Waals surface area contributed by atoms with Gasteiger partial charge in [0, 0.05) is 0 Å². The fourth-order valence-electron chi connectivity index (χ4n) is 4.00. The topological polar surface area (TPSA) is 25.8 Å². The molecule has 0 aliphatic carbocycles. The zero-order valence-electron chi connectivity index (χ0n) is 19.3. The number of quaternary nitrogens is 2. The molecule has 0 atom stereocenters. The SMILES string of the molecule is CC[N+](CC)(C(=S)SC(=S)[N+](CC)(CC)c1nc2ccccc2s1)c1nc2ccccc2s1.